The molecular formula is C12H18N2O4. The molecule has 0 aromatic carbocycles. The van der Waals surface area contributed by atoms with Crippen LogP contribution in [0.5, 0.6) is 0 Å². The first-order valence-corrected chi connectivity index (χ1v) is 6.12. The number of urea groups is 1. The minimum atomic E-state index is -1.18. The van der Waals surface area contributed by atoms with Crippen LogP contribution in [0.4, 0.5) is 4.79 Å². The molecule has 6 heteroatoms. The lowest BCUT2D eigenvalue weighted by atomic mass is 9.68. The van der Waals surface area contributed by atoms with Crippen molar-refractivity contribution in [1.82, 2.24) is 10.2 Å². The van der Waals surface area contributed by atoms with Gasteiger partial charge in [-0.25, -0.2) is 4.79 Å². The molecule has 1 saturated heterocycles. The maximum Gasteiger partial charge on any atom is 0.325 e. The molecule has 1 unspecified atom stereocenters. The second-order valence-electron chi connectivity index (χ2n) is 5.99. The molecule has 6 nitrogen and oxygen atoms in total. The molecule has 1 heterocycles. The Balaban J connectivity index is 2.23. The highest BCUT2D eigenvalue weighted by molar-refractivity contribution is 6.08. The predicted molar refractivity (Wildman–Crippen MR) is 62.9 cm³/mol. The summed E-state index contributed by atoms with van der Waals surface area (Å²) in [5.41, 5.74) is -0.894. The highest BCUT2D eigenvalue weighted by Gasteiger charge is 2.54. The van der Waals surface area contributed by atoms with Gasteiger partial charge in [-0.1, -0.05) is 20.3 Å². The lowest BCUT2D eigenvalue weighted by Gasteiger charge is -2.40. The smallest absolute Gasteiger partial charge is 0.325 e. The summed E-state index contributed by atoms with van der Waals surface area (Å²) in [7, 11) is 0. The summed E-state index contributed by atoms with van der Waals surface area (Å²) in [5.74, 6) is -1.56. The number of hydrogen-bond acceptors (Lipinski definition) is 3. The number of imide groups is 1. The van der Waals surface area contributed by atoms with Gasteiger partial charge < -0.3 is 10.4 Å². The largest absolute Gasteiger partial charge is 0.480 e. The van der Waals surface area contributed by atoms with Crippen molar-refractivity contribution in [3.8, 4) is 0 Å². The highest BCUT2D eigenvalue weighted by Crippen LogP contribution is 2.43. The van der Waals surface area contributed by atoms with Crippen molar-refractivity contribution in [1.29, 1.82) is 0 Å². The monoisotopic (exact) mass is 254 g/mol. The van der Waals surface area contributed by atoms with Crippen LogP contribution in [-0.4, -0.2) is 40.0 Å². The van der Waals surface area contributed by atoms with E-state index >= 15 is 0 Å². The zero-order chi connectivity index (χ0) is 13.6. The quantitative estimate of drug-likeness (QED) is 0.719. The summed E-state index contributed by atoms with van der Waals surface area (Å²) in [4.78, 5) is 35.5. The molecule has 100 valence electrons. The molecule has 1 spiro atoms. The number of nitrogens with zero attached hydrogens (tertiary/aromatic N) is 1. The first-order valence-electron chi connectivity index (χ1n) is 6.12. The van der Waals surface area contributed by atoms with Crippen molar-refractivity contribution >= 4 is 17.9 Å². The molecule has 2 rings (SSSR count). The number of nitrogens with one attached hydrogen (secondary N) is 1. The topological polar surface area (TPSA) is 86.7 Å². The van der Waals surface area contributed by atoms with Crippen LogP contribution in [0.25, 0.3) is 0 Å². The molecule has 2 aliphatic rings. The lowest BCUT2D eigenvalue weighted by Crippen LogP contribution is -2.52. The number of aliphatic carboxylic acids is 1. The molecule has 0 radical (unpaired) electrons. The Morgan fingerprint density at radius 2 is 2.06 bits per heavy atom. The van der Waals surface area contributed by atoms with Gasteiger partial charge in [-0.3, -0.25) is 14.5 Å². The molecule has 1 aliphatic carbocycles. The zero-order valence-corrected chi connectivity index (χ0v) is 10.7. The summed E-state index contributed by atoms with van der Waals surface area (Å²) in [6, 6.07) is -0.583. The Bertz CT molecular complexity index is 418. The van der Waals surface area contributed by atoms with Gasteiger partial charge in [0.1, 0.15) is 12.1 Å². The van der Waals surface area contributed by atoms with E-state index in [4.69, 9.17) is 5.11 Å². The Kier molecular flexibility index (Phi) is 2.83. The number of carbonyl (C=O) groups is 3. The van der Waals surface area contributed by atoms with Gasteiger partial charge in [0.25, 0.3) is 5.91 Å². The van der Waals surface area contributed by atoms with Crippen LogP contribution in [0, 0.1) is 5.41 Å². The van der Waals surface area contributed by atoms with Crippen LogP contribution >= 0.6 is 0 Å². The van der Waals surface area contributed by atoms with Crippen molar-refractivity contribution in [3.05, 3.63) is 0 Å². The minimum Gasteiger partial charge on any atom is -0.480 e. The molecule has 2 fully saturated rings. The molecule has 0 aromatic rings. The number of hydrogen-bond donors (Lipinski definition) is 2. The number of carbonyl (C=O) groups excluding carboxylic acids is 2. The zero-order valence-electron chi connectivity index (χ0n) is 10.7. The fourth-order valence-corrected chi connectivity index (χ4v) is 3.11. The average Bonchev–Trinajstić information content (AvgIpc) is 2.41. The summed E-state index contributed by atoms with van der Waals surface area (Å²) in [6.45, 7) is 3.56. The van der Waals surface area contributed by atoms with Crippen molar-refractivity contribution in [2.24, 2.45) is 5.41 Å². The fraction of sp³-hybridized carbons (Fsp3) is 0.750. The first kappa shape index (κ1) is 12.9. The van der Waals surface area contributed by atoms with E-state index in [-0.39, 0.29) is 11.3 Å². The second kappa shape index (κ2) is 3.96. The highest BCUT2D eigenvalue weighted by atomic mass is 16.4. The third-order valence-electron chi connectivity index (χ3n) is 3.78. The maximum atomic E-state index is 12.3. The van der Waals surface area contributed by atoms with E-state index in [1.54, 1.807) is 0 Å². The van der Waals surface area contributed by atoms with E-state index < -0.39 is 24.1 Å². The van der Waals surface area contributed by atoms with Gasteiger partial charge in [0.15, 0.2) is 0 Å². The van der Waals surface area contributed by atoms with E-state index in [0.717, 1.165) is 17.7 Å². The molecular weight excluding hydrogens is 236 g/mol. The van der Waals surface area contributed by atoms with Gasteiger partial charge in [0, 0.05) is 0 Å². The fourth-order valence-electron chi connectivity index (χ4n) is 3.11. The van der Waals surface area contributed by atoms with Crippen LogP contribution in [0.1, 0.15) is 39.5 Å². The van der Waals surface area contributed by atoms with Crippen molar-refractivity contribution in [2.45, 2.75) is 45.1 Å². The summed E-state index contributed by atoms with van der Waals surface area (Å²) in [6.07, 6.45) is 3.04. The maximum absolute atomic E-state index is 12.3. The molecule has 3 amide bonds. The third kappa shape index (κ3) is 2.07. The van der Waals surface area contributed by atoms with E-state index in [0.29, 0.717) is 12.8 Å². The summed E-state index contributed by atoms with van der Waals surface area (Å²) < 4.78 is 0. The van der Waals surface area contributed by atoms with Gasteiger partial charge in [0.2, 0.25) is 0 Å². The Hall–Kier alpha value is -1.59. The number of carboxylic acid groups (broad SMARTS) is 1. The van der Waals surface area contributed by atoms with Gasteiger partial charge in [-0.2, -0.15) is 0 Å². The summed E-state index contributed by atoms with van der Waals surface area (Å²) >= 11 is 0. The van der Waals surface area contributed by atoms with E-state index in [2.05, 4.69) is 19.2 Å². The first-order chi connectivity index (χ1) is 8.26. The van der Waals surface area contributed by atoms with Crippen LogP contribution in [0.15, 0.2) is 0 Å². The van der Waals surface area contributed by atoms with Crippen molar-refractivity contribution in [2.75, 3.05) is 6.54 Å². The van der Waals surface area contributed by atoms with E-state index in [9.17, 15) is 14.4 Å². The van der Waals surface area contributed by atoms with E-state index in [1.165, 1.54) is 0 Å². The Labute approximate surface area is 105 Å². The van der Waals surface area contributed by atoms with Crippen molar-refractivity contribution in [3.63, 3.8) is 0 Å². The number of carboxylic acids is 1. The third-order valence-corrected chi connectivity index (χ3v) is 3.78. The van der Waals surface area contributed by atoms with Gasteiger partial charge in [0.05, 0.1) is 0 Å². The van der Waals surface area contributed by atoms with Crippen molar-refractivity contribution < 1.29 is 19.5 Å². The molecule has 2 N–H and O–H groups in total. The SMILES string of the molecule is CC1(C)CCCC2(C1)NC(=O)N(CC(=O)O)C2=O. The van der Waals surface area contributed by atoms with E-state index in [1.807, 2.05) is 0 Å². The minimum absolute atomic E-state index is 0.0135. The Morgan fingerprint density at radius 1 is 1.39 bits per heavy atom. The molecule has 1 atom stereocenters. The summed E-state index contributed by atoms with van der Waals surface area (Å²) in [5, 5.41) is 11.4. The van der Waals surface area contributed by atoms with Gasteiger partial charge in [-0.15, -0.1) is 0 Å². The van der Waals surface area contributed by atoms with Gasteiger partial charge >= 0.3 is 12.0 Å². The number of amides is 3. The molecule has 1 saturated carbocycles. The normalized spacial score (nSPS) is 30.7. The molecule has 1 aliphatic heterocycles. The number of rotatable bonds is 2. The standard InChI is InChI=1S/C12H18N2O4/c1-11(2)4-3-5-12(7-11)9(17)14(6-8(15)16)10(18)13-12/h3-7H2,1-2H3,(H,13,18)(H,15,16). The van der Waals surface area contributed by atoms with Crippen LogP contribution in [0.3, 0.4) is 0 Å². The van der Waals surface area contributed by atoms with Crippen LogP contribution in [-0.2, 0) is 9.59 Å². The lowest BCUT2D eigenvalue weighted by molar-refractivity contribution is -0.143. The Morgan fingerprint density at radius 3 is 2.61 bits per heavy atom. The van der Waals surface area contributed by atoms with Crippen LogP contribution in [0.2, 0.25) is 0 Å². The molecule has 0 bridgehead atoms. The van der Waals surface area contributed by atoms with Crippen LogP contribution < -0.4 is 5.32 Å². The van der Waals surface area contributed by atoms with Gasteiger partial charge in [-0.05, 0) is 24.7 Å². The predicted octanol–water partition coefficient (Wildman–Crippen LogP) is 0.962. The molecule has 18 heavy (non-hydrogen) atoms. The second-order valence-corrected chi connectivity index (χ2v) is 5.99. The molecule has 0 aromatic heterocycles. The average molecular weight is 254 g/mol.